The minimum absolute atomic E-state index is 0.0288. The number of hydrogen-bond donors (Lipinski definition) is 3. The minimum atomic E-state index is -0.174. The van der Waals surface area contributed by atoms with Crippen molar-refractivity contribution >= 4 is 18.5 Å². The zero-order valence-electron chi connectivity index (χ0n) is 10.2. The average molecular weight is 253 g/mol. The van der Waals surface area contributed by atoms with Gasteiger partial charge in [0.25, 0.3) is 0 Å². The second-order valence-electron chi connectivity index (χ2n) is 4.44. The first-order valence-electron chi connectivity index (χ1n) is 5.71. The average Bonchev–Trinajstić information content (AvgIpc) is 2.28. The van der Waals surface area contributed by atoms with Crippen molar-refractivity contribution in [3.05, 3.63) is 29.8 Å². The van der Waals surface area contributed by atoms with Crippen molar-refractivity contribution < 1.29 is 9.90 Å². The SMILES string of the molecule is CC(C)C(CO)NC(=O)Cc1ccc(S)cc1. The van der Waals surface area contributed by atoms with E-state index >= 15 is 0 Å². The van der Waals surface area contributed by atoms with Crippen LogP contribution in [-0.4, -0.2) is 23.7 Å². The van der Waals surface area contributed by atoms with Crippen molar-refractivity contribution in [3.8, 4) is 0 Å². The predicted octanol–water partition coefficient (Wildman–Crippen LogP) is 1.65. The summed E-state index contributed by atoms with van der Waals surface area (Å²) in [4.78, 5) is 12.6. The molecule has 3 nitrogen and oxygen atoms in total. The van der Waals surface area contributed by atoms with Gasteiger partial charge in [0.2, 0.25) is 5.91 Å². The Labute approximate surface area is 108 Å². The molecule has 0 heterocycles. The van der Waals surface area contributed by atoms with E-state index in [1.165, 1.54) is 0 Å². The summed E-state index contributed by atoms with van der Waals surface area (Å²) >= 11 is 4.19. The number of carbonyl (C=O) groups is 1. The first-order chi connectivity index (χ1) is 8.02. The molecule has 1 aromatic carbocycles. The number of benzene rings is 1. The van der Waals surface area contributed by atoms with Gasteiger partial charge in [0.1, 0.15) is 0 Å². The van der Waals surface area contributed by atoms with E-state index in [-0.39, 0.29) is 24.5 Å². The van der Waals surface area contributed by atoms with Crippen molar-refractivity contribution in [2.75, 3.05) is 6.61 Å². The van der Waals surface area contributed by atoms with Gasteiger partial charge in [0.15, 0.2) is 0 Å². The van der Waals surface area contributed by atoms with Crippen LogP contribution in [0.2, 0.25) is 0 Å². The van der Waals surface area contributed by atoms with Crippen molar-refractivity contribution in [2.45, 2.75) is 31.2 Å². The molecule has 0 aliphatic carbocycles. The molecule has 0 aromatic heterocycles. The molecule has 0 radical (unpaired) electrons. The van der Waals surface area contributed by atoms with Crippen LogP contribution in [0, 0.1) is 5.92 Å². The smallest absolute Gasteiger partial charge is 0.224 e. The van der Waals surface area contributed by atoms with Crippen LogP contribution in [0.15, 0.2) is 29.2 Å². The first-order valence-corrected chi connectivity index (χ1v) is 6.15. The van der Waals surface area contributed by atoms with Gasteiger partial charge >= 0.3 is 0 Å². The van der Waals surface area contributed by atoms with E-state index in [0.29, 0.717) is 6.42 Å². The standard InChI is InChI=1S/C13H19NO2S/c1-9(2)12(8-15)14-13(16)7-10-3-5-11(17)6-4-10/h3-6,9,12,15,17H,7-8H2,1-2H3,(H,14,16). The lowest BCUT2D eigenvalue weighted by molar-refractivity contribution is -0.121. The molecule has 1 aromatic rings. The molecule has 0 saturated heterocycles. The minimum Gasteiger partial charge on any atom is -0.394 e. The lowest BCUT2D eigenvalue weighted by Gasteiger charge is -2.19. The molecule has 0 bridgehead atoms. The highest BCUT2D eigenvalue weighted by molar-refractivity contribution is 7.80. The van der Waals surface area contributed by atoms with Gasteiger partial charge in [0, 0.05) is 4.90 Å². The summed E-state index contributed by atoms with van der Waals surface area (Å²) < 4.78 is 0. The maximum atomic E-state index is 11.7. The number of thiol groups is 1. The summed E-state index contributed by atoms with van der Waals surface area (Å²) in [5.74, 6) is 0.161. The highest BCUT2D eigenvalue weighted by Crippen LogP contribution is 2.08. The van der Waals surface area contributed by atoms with Gasteiger partial charge in [-0.25, -0.2) is 0 Å². The van der Waals surface area contributed by atoms with Crippen LogP contribution >= 0.6 is 12.6 Å². The maximum absolute atomic E-state index is 11.7. The van der Waals surface area contributed by atoms with E-state index in [0.717, 1.165) is 10.5 Å². The zero-order chi connectivity index (χ0) is 12.8. The molecule has 94 valence electrons. The highest BCUT2D eigenvalue weighted by atomic mass is 32.1. The lowest BCUT2D eigenvalue weighted by atomic mass is 10.0. The molecule has 0 fully saturated rings. The van der Waals surface area contributed by atoms with Crippen molar-refractivity contribution in [3.63, 3.8) is 0 Å². The van der Waals surface area contributed by atoms with Gasteiger partial charge in [-0.2, -0.15) is 0 Å². The maximum Gasteiger partial charge on any atom is 0.224 e. The molecular formula is C13H19NO2S. The van der Waals surface area contributed by atoms with Gasteiger partial charge in [0.05, 0.1) is 19.1 Å². The molecule has 2 N–H and O–H groups in total. The van der Waals surface area contributed by atoms with Crippen molar-refractivity contribution in [1.29, 1.82) is 0 Å². The summed E-state index contributed by atoms with van der Waals surface area (Å²) in [5.41, 5.74) is 0.945. The van der Waals surface area contributed by atoms with Crippen molar-refractivity contribution in [2.24, 2.45) is 5.92 Å². The van der Waals surface area contributed by atoms with Crippen LogP contribution in [-0.2, 0) is 11.2 Å². The zero-order valence-corrected chi connectivity index (χ0v) is 11.1. The van der Waals surface area contributed by atoms with E-state index in [9.17, 15) is 4.79 Å². The molecular weight excluding hydrogens is 234 g/mol. The molecule has 0 spiro atoms. The van der Waals surface area contributed by atoms with Gasteiger partial charge in [-0.1, -0.05) is 26.0 Å². The monoisotopic (exact) mass is 253 g/mol. The normalized spacial score (nSPS) is 12.5. The summed E-state index contributed by atoms with van der Waals surface area (Å²) in [5, 5.41) is 11.9. The van der Waals surface area contributed by atoms with Crippen LogP contribution in [0.25, 0.3) is 0 Å². The quantitative estimate of drug-likeness (QED) is 0.699. The summed E-state index contributed by atoms with van der Waals surface area (Å²) in [6, 6.07) is 7.30. The Bertz CT molecular complexity index is 362. The molecule has 4 heteroatoms. The molecule has 1 rings (SSSR count). The van der Waals surface area contributed by atoms with E-state index in [2.05, 4.69) is 17.9 Å². The summed E-state index contributed by atoms with van der Waals surface area (Å²) in [6.45, 7) is 3.91. The Kier molecular flexibility index (Phi) is 5.51. The molecule has 17 heavy (non-hydrogen) atoms. The fourth-order valence-electron chi connectivity index (χ4n) is 1.48. The second kappa shape index (κ2) is 6.67. The number of carbonyl (C=O) groups excluding carboxylic acids is 1. The Morgan fingerprint density at radius 1 is 1.35 bits per heavy atom. The summed E-state index contributed by atoms with van der Waals surface area (Å²) in [7, 11) is 0. The Hall–Kier alpha value is -1.00. The van der Waals surface area contributed by atoms with Gasteiger partial charge in [-0.3, -0.25) is 4.79 Å². The van der Waals surface area contributed by atoms with Crippen LogP contribution in [0.5, 0.6) is 0 Å². The third-order valence-corrected chi connectivity index (χ3v) is 2.95. The van der Waals surface area contributed by atoms with E-state index in [4.69, 9.17) is 5.11 Å². The van der Waals surface area contributed by atoms with Gasteiger partial charge in [-0.05, 0) is 23.6 Å². The van der Waals surface area contributed by atoms with Crippen molar-refractivity contribution in [1.82, 2.24) is 5.32 Å². The number of nitrogens with one attached hydrogen (secondary N) is 1. The lowest BCUT2D eigenvalue weighted by Crippen LogP contribution is -2.41. The summed E-state index contributed by atoms with van der Waals surface area (Å²) in [6.07, 6.45) is 0.331. The number of hydrogen-bond acceptors (Lipinski definition) is 3. The fraction of sp³-hybridized carbons (Fsp3) is 0.462. The third-order valence-electron chi connectivity index (χ3n) is 2.65. The van der Waals surface area contributed by atoms with Crippen LogP contribution in [0.4, 0.5) is 0 Å². The molecule has 1 amide bonds. The molecule has 0 saturated carbocycles. The third kappa shape index (κ3) is 4.79. The number of aliphatic hydroxyl groups excluding tert-OH is 1. The Morgan fingerprint density at radius 2 is 1.94 bits per heavy atom. The largest absolute Gasteiger partial charge is 0.394 e. The number of rotatable bonds is 5. The van der Waals surface area contributed by atoms with E-state index in [1.54, 1.807) is 0 Å². The molecule has 0 aliphatic heterocycles. The van der Waals surface area contributed by atoms with Crippen LogP contribution < -0.4 is 5.32 Å². The van der Waals surface area contributed by atoms with Crippen LogP contribution in [0.3, 0.4) is 0 Å². The number of amides is 1. The Balaban J connectivity index is 2.52. The molecule has 1 atom stereocenters. The highest BCUT2D eigenvalue weighted by Gasteiger charge is 2.14. The predicted molar refractivity (Wildman–Crippen MR) is 71.3 cm³/mol. The van der Waals surface area contributed by atoms with Crippen LogP contribution in [0.1, 0.15) is 19.4 Å². The molecule has 1 unspecified atom stereocenters. The van der Waals surface area contributed by atoms with E-state index < -0.39 is 0 Å². The van der Waals surface area contributed by atoms with Gasteiger partial charge < -0.3 is 10.4 Å². The topological polar surface area (TPSA) is 49.3 Å². The Morgan fingerprint density at radius 3 is 2.41 bits per heavy atom. The first kappa shape index (κ1) is 14.1. The second-order valence-corrected chi connectivity index (χ2v) is 4.96. The molecule has 0 aliphatic rings. The number of aliphatic hydroxyl groups is 1. The fourth-order valence-corrected chi connectivity index (χ4v) is 1.63. The van der Waals surface area contributed by atoms with Gasteiger partial charge in [-0.15, -0.1) is 12.6 Å². The van der Waals surface area contributed by atoms with E-state index in [1.807, 2.05) is 38.1 Å².